The number of likely N-dealkylation sites (tertiary alicyclic amines) is 1. The molecule has 0 aromatic carbocycles. The summed E-state index contributed by atoms with van der Waals surface area (Å²) in [5.74, 6) is 1.45. The molecule has 0 aliphatic carbocycles. The molecule has 22 heavy (non-hydrogen) atoms. The van der Waals surface area contributed by atoms with Crippen molar-refractivity contribution in [3.63, 3.8) is 0 Å². The summed E-state index contributed by atoms with van der Waals surface area (Å²) < 4.78 is 10.7. The third kappa shape index (κ3) is 3.30. The zero-order valence-electron chi connectivity index (χ0n) is 13.5. The van der Waals surface area contributed by atoms with Crippen LogP contribution in [0.15, 0.2) is 4.52 Å². The van der Waals surface area contributed by atoms with E-state index in [1.807, 2.05) is 25.7 Å². The van der Waals surface area contributed by atoms with Crippen LogP contribution in [0.5, 0.6) is 0 Å². The van der Waals surface area contributed by atoms with E-state index >= 15 is 0 Å². The summed E-state index contributed by atoms with van der Waals surface area (Å²) in [4.78, 5) is 20.8. The predicted octanol–water partition coefficient (Wildman–Crippen LogP) is 1.02. The molecule has 2 aliphatic heterocycles. The second-order valence-corrected chi connectivity index (χ2v) is 7.01. The van der Waals surface area contributed by atoms with Crippen molar-refractivity contribution in [2.24, 2.45) is 0 Å². The molecule has 3 heterocycles. The van der Waals surface area contributed by atoms with Crippen LogP contribution in [0.2, 0.25) is 0 Å². The van der Waals surface area contributed by atoms with E-state index in [1.54, 1.807) is 0 Å². The first-order valence-electron chi connectivity index (χ1n) is 7.86. The topological polar surface area (TPSA) is 71.7 Å². The second kappa shape index (κ2) is 5.96. The summed E-state index contributed by atoms with van der Waals surface area (Å²) in [5, 5.41) is 4.07. The molecule has 0 saturated carbocycles. The summed E-state index contributed by atoms with van der Waals surface area (Å²) in [5.41, 5.74) is -0.164. The first-order chi connectivity index (χ1) is 10.4. The Morgan fingerprint density at radius 3 is 2.64 bits per heavy atom. The zero-order valence-corrected chi connectivity index (χ0v) is 13.5. The van der Waals surface area contributed by atoms with E-state index in [2.05, 4.69) is 15.0 Å². The van der Waals surface area contributed by atoms with Crippen LogP contribution in [0, 0.1) is 0 Å². The number of carbonyl (C=O) groups excluding carboxylic acids is 1. The number of morpholine rings is 1. The van der Waals surface area contributed by atoms with Crippen molar-refractivity contribution < 1.29 is 14.1 Å². The summed E-state index contributed by atoms with van der Waals surface area (Å²) in [6.45, 7) is 10.8. The van der Waals surface area contributed by atoms with Gasteiger partial charge in [0.1, 0.15) is 0 Å². The minimum absolute atomic E-state index is 0.0117. The van der Waals surface area contributed by atoms with Gasteiger partial charge in [0.15, 0.2) is 5.82 Å². The number of hydrogen-bond donors (Lipinski definition) is 0. The standard InChI is InChI=1S/C15H24N4O3/c1-15(2,3)19-9-11(8-13(19)20)14-16-12(17-22-14)10-18-4-6-21-7-5-18/h11H,4-10H2,1-3H3. The zero-order chi connectivity index (χ0) is 15.7. The van der Waals surface area contributed by atoms with Gasteiger partial charge >= 0.3 is 0 Å². The van der Waals surface area contributed by atoms with E-state index in [0.717, 1.165) is 26.3 Å². The molecule has 1 aromatic rings. The van der Waals surface area contributed by atoms with Gasteiger partial charge < -0.3 is 14.2 Å². The van der Waals surface area contributed by atoms with Gasteiger partial charge in [-0.2, -0.15) is 4.98 Å². The van der Waals surface area contributed by atoms with E-state index in [0.29, 0.717) is 31.2 Å². The van der Waals surface area contributed by atoms with Crippen LogP contribution in [-0.4, -0.2) is 64.2 Å². The van der Waals surface area contributed by atoms with Crippen LogP contribution in [0.25, 0.3) is 0 Å². The van der Waals surface area contributed by atoms with Crippen LogP contribution in [0.1, 0.15) is 44.8 Å². The summed E-state index contributed by atoms with van der Waals surface area (Å²) >= 11 is 0. The van der Waals surface area contributed by atoms with Gasteiger partial charge in [-0.15, -0.1) is 0 Å². The molecule has 0 spiro atoms. The number of nitrogens with zero attached hydrogens (tertiary/aromatic N) is 4. The highest BCUT2D eigenvalue weighted by atomic mass is 16.5. The number of amides is 1. The quantitative estimate of drug-likeness (QED) is 0.830. The van der Waals surface area contributed by atoms with E-state index in [-0.39, 0.29) is 17.4 Å². The van der Waals surface area contributed by atoms with Crippen molar-refractivity contribution in [1.29, 1.82) is 0 Å². The molecular weight excluding hydrogens is 284 g/mol. The van der Waals surface area contributed by atoms with Crippen LogP contribution >= 0.6 is 0 Å². The number of rotatable bonds is 3. The van der Waals surface area contributed by atoms with Crippen LogP contribution in [0.4, 0.5) is 0 Å². The maximum atomic E-state index is 12.1. The summed E-state index contributed by atoms with van der Waals surface area (Å²) in [6, 6.07) is 0. The van der Waals surface area contributed by atoms with Gasteiger partial charge in [-0.1, -0.05) is 5.16 Å². The maximum absolute atomic E-state index is 12.1. The Morgan fingerprint density at radius 1 is 1.27 bits per heavy atom. The summed E-state index contributed by atoms with van der Waals surface area (Å²) in [7, 11) is 0. The van der Waals surface area contributed by atoms with Crippen molar-refractivity contribution in [3.05, 3.63) is 11.7 Å². The van der Waals surface area contributed by atoms with Crippen LogP contribution in [0.3, 0.4) is 0 Å². The van der Waals surface area contributed by atoms with Gasteiger partial charge in [-0.25, -0.2) is 0 Å². The fourth-order valence-corrected chi connectivity index (χ4v) is 2.98. The lowest BCUT2D eigenvalue weighted by molar-refractivity contribution is -0.131. The minimum Gasteiger partial charge on any atom is -0.379 e. The van der Waals surface area contributed by atoms with Crippen LogP contribution in [-0.2, 0) is 16.1 Å². The smallest absolute Gasteiger partial charge is 0.232 e. The highest BCUT2D eigenvalue weighted by molar-refractivity contribution is 5.80. The molecule has 2 saturated heterocycles. The molecule has 122 valence electrons. The molecule has 0 N–H and O–H groups in total. The first-order valence-corrected chi connectivity index (χ1v) is 7.86. The van der Waals surface area contributed by atoms with E-state index in [4.69, 9.17) is 9.26 Å². The van der Waals surface area contributed by atoms with E-state index < -0.39 is 0 Å². The predicted molar refractivity (Wildman–Crippen MR) is 79.2 cm³/mol. The number of aromatic nitrogens is 2. The van der Waals surface area contributed by atoms with Crippen molar-refractivity contribution in [3.8, 4) is 0 Å². The van der Waals surface area contributed by atoms with Crippen LogP contribution < -0.4 is 0 Å². The molecule has 2 fully saturated rings. The molecule has 2 aliphatic rings. The third-order valence-electron chi connectivity index (χ3n) is 4.24. The Labute approximate surface area is 130 Å². The second-order valence-electron chi connectivity index (χ2n) is 7.01. The maximum Gasteiger partial charge on any atom is 0.232 e. The average Bonchev–Trinajstić information content (AvgIpc) is 3.06. The fourth-order valence-electron chi connectivity index (χ4n) is 2.98. The molecule has 0 bridgehead atoms. The number of ether oxygens (including phenoxy) is 1. The van der Waals surface area contributed by atoms with Gasteiger partial charge in [0.25, 0.3) is 0 Å². The molecule has 1 aromatic heterocycles. The molecular formula is C15H24N4O3. The highest BCUT2D eigenvalue weighted by Crippen LogP contribution is 2.31. The Hall–Kier alpha value is -1.47. The van der Waals surface area contributed by atoms with Gasteiger partial charge in [-0.05, 0) is 20.8 Å². The van der Waals surface area contributed by atoms with Gasteiger partial charge in [0.05, 0.1) is 25.7 Å². The summed E-state index contributed by atoms with van der Waals surface area (Å²) in [6.07, 6.45) is 0.455. The van der Waals surface area contributed by atoms with E-state index in [1.165, 1.54) is 0 Å². The fraction of sp³-hybridized carbons (Fsp3) is 0.800. The monoisotopic (exact) mass is 308 g/mol. The Kier molecular flexibility index (Phi) is 4.18. The van der Waals surface area contributed by atoms with Gasteiger partial charge in [-0.3, -0.25) is 9.69 Å². The molecule has 1 unspecified atom stereocenters. The SMILES string of the molecule is CC(C)(C)N1CC(c2nc(CN3CCOCC3)no2)CC1=O. The Morgan fingerprint density at radius 2 is 2.00 bits per heavy atom. The lowest BCUT2D eigenvalue weighted by atomic mass is 10.1. The van der Waals surface area contributed by atoms with Gasteiger partial charge in [0.2, 0.25) is 11.8 Å². The number of hydrogen-bond acceptors (Lipinski definition) is 6. The normalized spacial score (nSPS) is 24.2. The number of carbonyl (C=O) groups is 1. The first kappa shape index (κ1) is 15.4. The largest absolute Gasteiger partial charge is 0.379 e. The van der Waals surface area contributed by atoms with E-state index in [9.17, 15) is 4.79 Å². The molecule has 7 nitrogen and oxygen atoms in total. The third-order valence-corrected chi connectivity index (χ3v) is 4.24. The van der Waals surface area contributed by atoms with Gasteiger partial charge in [0, 0.05) is 31.6 Å². The highest BCUT2D eigenvalue weighted by Gasteiger charge is 2.39. The molecule has 0 radical (unpaired) electrons. The van der Waals surface area contributed by atoms with Crippen molar-refractivity contribution in [1.82, 2.24) is 19.9 Å². The molecule has 3 rings (SSSR count). The molecule has 1 amide bonds. The molecule has 1 atom stereocenters. The lowest BCUT2D eigenvalue weighted by Crippen LogP contribution is -2.42. The average molecular weight is 308 g/mol. The van der Waals surface area contributed by atoms with Crippen molar-refractivity contribution in [2.75, 3.05) is 32.8 Å². The molecule has 7 heteroatoms. The Bertz CT molecular complexity index is 531. The lowest BCUT2D eigenvalue weighted by Gasteiger charge is -2.31. The minimum atomic E-state index is -0.164. The van der Waals surface area contributed by atoms with Crippen molar-refractivity contribution >= 4 is 5.91 Å². The Balaban J connectivity index is 1.63. The van der Waals surface area contributed by atoms with Crippen molar-refractivity contribution in [2.45, 2.75) is 45.2 Å².